The maximum absolute atomic E-state index is 13.0. The molecule has 7 nitrogen and oxygen atoms in total. The minimum absolute atomic E-state index is 0.0351. The summed E-state index contributed by atoms with van der Waals surface area (Å²) in [5.41, 5.74) is 1.32. The normalized spacial score (nSPS) is 15.1. The van der Waals surface area contributed by atoms with Gasteiger partial charge in [-0.3, -0.25) is 4.79 Å². The van der Waals surface area contributed by atoms with Gasteiger partial charge >= 0.3 is 6.03 Å². The van der Waals surface area contributed by atoms with Crippen molar-refractivity contribution in [3.8, 4) is 11.5 Å². The Balaban J connectivity index is 1.78. The molecule has 0 bridgehead atoms. The van der Waals surface area contributed by atoms with E-state index >= 15 is 0 Å². The lowest BCUT2D eigenvalue weighted by Crippen LogP contribution is -2.43. The minimum Gasteiger partial charge on any atom is -0.497 e. The van der Waals surface area contributed by atoms with Gasteiger partial charge in [-0.2, -0.15) is 0 Å². The average molecular weight is 412 g/mol. The van der Waals surface area contributed by atoms with Crippen molar-refractivity contribution < 1.29 is 19.1 Å². The fraction of sp³-hybridized carbons (Fsp3) is 0.391. The van der Waals surface area contributed by atoms with Crippen molar-refractivity contribution in [3.05, 3.63) is 42.5 Å². The Kier molecular flexibility index (Phi) is 6.20. The van der Waals surface area contributed by atoms with Crippen molar-refractivity contribution >= 4 is 29.0 Å². The third-order valence-corrected chi connectivity index (χ3v) is 4.82. The van der Waals surface area contributed by atoms with Crippen LogP contribution in [0.2, 0.25) is 0 Å². The highest BCUT2D eigenvalue weighted by molar-refractivity contribution is 6.02. The zero-order valence-electron chi connectivity index (χ0n) is 18.1. The molecule has 30 heavy (non-hydrogen) atoms. The molecule has 1 aliphatic rings. The molecule has 2 aromatic rings. The second kappa shape index (κ2) is 8.65. The topological polar surface area (TPSA) is 79.9 Å². The molecule has 3 amide bonds. The summed E-state index contributed by atoms with van der Waals surface area (Å²) < 4.78 is 11.1. The summed E-state index contributed by atoms with van der Waals surface area (Å²) in [6.07, 6.45) is 0. The monoisotopic (exact) mass is 411 g/mol. The predicted octanol–water partition coefficient (Wildman–Crippen LogP) is 4.75. The first-order chi connectivity index (χ1) is 14.2. The number of nitrogens with zero attached hydrogens (tertiary/aromatic N) is 1. The molecule has 2 N–H and O–H groups in total. The van der Waals surface area contributed by atoms with Crippen LogP contribution in [-0.4, -0.2) is 32.2 Å². The summed E-state index contributed by atoms with van der Waals surface area (Å²) in [4.78, 5) is 27.2. The molecule has 0 aliphatic carbocycles. The summed E-state index contributed by atoms with van der Waals surface area (Å²) >= 11 is 0. The van der Waals surface area contributed by atoms with Gasteiger partial charge in [0.1, 0.15) is 18.1 Å². The molecule has 0 fully saturated rings. The van der Waals surface area contributed by atoms with Crippen molar-refractivity contribution in [1.29, 1.82) is 0 Å². The highest BCUT2D eigenvalue weighted by atomic mass is 16.5. The van der Waals surface area contributed by atoms with Crippen LogP contribution in [0.4, 0.5) is 21.9 Å². The summed E-state index contributed by atoms with van der Waals surface area (Å²) in [5, 5.41) is 5.59. The van der Waals surface area contributed by atoms with Gasteiger partial charge in [0.2, 0.25) is 5.91 Å². The summed E-state index contributed by atoms with van der Waals surface area (Å²) in [7, 11) is 1.59. The molecule has 0 radical (unpaired) electrons. The average Bonchev–Trinajstić information content (AvgIpc) is 2.78. The molecule has 2 aromatic carbocycles. The predicted molar refractivity (Wildman–Crippen MR) is 119 cm³/mol. The van der Waals surface area contributed by atoms with Crippen LogP contribution in [0.5, 0.6) is 11.5 Å². The molecule has 1 aliphatic heterocycles. The molecule has 0 saturated carbocycles. The maximum atomic E-state index is 13.0. The highest BCUT2D eigenvalue weighted by Gasteiger charge is 2.38. The van der Waals surface area contributed by atoms with Crippen LogP contribution in [-0.2, 0) is 4.79 Å². The summed E-state index contributed by atoms with van der Waals surface area (Å²) in [5.74, 6) is 1.64. The summed E-state index contributed by atoms with van der Waals surface area (Å²) in [6.45, 7) is 8.79. The van der Waals surface area contributed by atoms with Gasteiger partial charge in [-0.05, 0) is 56.2 Å². The van der Waals surface area contributed by atoms with Crippen LogP contribution in [0.3, 0.4) is 0 Å². The van der Waals surface area contributed by atoms with E-state index in [9.17, 15) is 9.59 Å². The molecule has 0 spiro atoms. The molecule has 160 valence electrons. The van der Waals surface area contributed by atoms with Crippen LogP contribution in [0.15, 0.2) is 42.5 Å². The smallest absolute Gasteiger partial charge is 0.323 e. The van der Waals surface area contributed by atoms with Gasteiger partial charge in [-0.1, -0.05) is 13.8 Å². The van der Waals surface area contributed by atoms with Gasteiger partial charge in [-0.15, -0.1) is 0 Å². The Bertz CT molecular complexity index is 923. The molecule has 0 aromatic heterocycles. The van der Waals surface area contributed by atoms with E-state index in [0.29, 0.717) is 35.3 Å². The van der Waals surface area contributed by atoms with Crippen molar-refractivity contribution in [2.75, 3.05) is 35.8 Å². The zero-order valence-corrected chi connectivity index (χ0v) is 18.1. The lowest BCUT2D eigenvalue weighted by atomic mass is 9.92. The Morgan fingerprint density at radius 1 is 1.13 bits per heavy atom. The quantitative estimate of drug-likeness (QED) is 0.744. The van der Waals surface area contributed by atoms with Crippen LogP contribution in [0.1, 0.15) is 27.7 Å². The number of nitrogens with one attached hydrogen (secondary N) is 2. The number of carbonyl (C=O) groups excluding carboxylic acids is 2. The summed E-state index contributed by atoms with van der Waals surface area (Å²) in [6, 6.07) is 12.0. The van der Waals surface area contributed by atoms with Gasteiger partial charge in [0.25, 0.3) is 0 Å². The number of urea groups is 1. The van der Waals surface area contributed by atoms with E-state index in [1.165, 1.54) is 0 Å². The van der Waals surface area contributed by atoms with E-state index in [1.807, 2.05) is 19.9 Å². The number of benzene rings is 2. The van der Waals surface area contributed by atoms with Gasteiger partial charge in [0.15, 0.2) is 0 Å². The first-order valence-electron chi connectivity index (χ1n) is 10.0. The molecule has 1 heterocycles. The van der Waals surface area contributed by atoms with E-state index in [0.717, 1.165) is 5.69 Å². The Hall–Kier alpha value is -3.22. The molecule has 0 atom stereocenters. The number of hydrogen-bond acceptors (Lipinski definition) is 4. The largest absolute Gasteiger partial charge is 0.497 e. The third-order valence-electron chi connectivity index (χ3n) is 4.82. The SMILES string of the molecule is COc1ccc(NC(=O)Nc2ccc3c(c2)OCC(C)(C)C(=O)N3CC(C)C)cc1. The lowest BCUT2D eigenvalue weighted by Gasteiger charge is -2.29. The first-order valence-corrected chi connectivity index (χ1v) is 10.0. The van der Waals surface area contributed by atoms with E-state index < -0.39 is 5.41 Å². The first kappa shape index (κ1) is 21.5. The van der Waals surface area contributed by atoms with Crippen molar-refractivity contribution in [1.82, 2.24) is 0 Å². The molecular formula is C23H29N3O4. The lowest BCUT2D eigenvalue weighted by molar-refractivity contribution is -0.127. The van der Waals surface area contributed by atoms with Crippen LogP contribution in [0.25, 0.3) is 0 Å². The van der Waals surface area contributed by atoms with Crippen molar-refractivity contribution in [3.63, 3.8) is 0 Å². The van der Waals surface area contributed by atoms with Crippen molar-refractivity contribution in [2.24, 2.45) is 11.3 Å². The Morgan fingerprint density at radius 3 is 2.40 bits per heavy atom. The third kappa shape index (κ3) is 4.84. The molecule has 0 unspecified atom stereocenters. The highest BCUT2D eigenvalue weighted by Crippen LogP contribution is 2.38. The van der Waals surface area contributed by atoms with Gasteiger partial charge in [0, 0.05) is 24.0 Å². The number of carbonyl (C=O) groups is 2. The van der Waals surface area contributed by atoms with E-state index in [2.05, 4.69) is 24.5 Å². The molecule has 0 saturated heterocycles. The second-order valence-electron chi connectivity index (χ2n) is 8.47. The standard InChI is InChI=1S/C23H29N3O4/c1-15(2)13-26-19-11-8-17(12-20(19)30-14-23(3,4)21(26)27)25-22(28)24-16-6-9-18(29-5)10-7-16/h6-12,15H,13-14H2,1-5H3,(H2,24,25,28). The zero-order chi connectivity index (χ0) is 21.9. The molecule has 7 heteroatoms. The van der Waals surface area contributed by atoms with Gasteiger partial charge < -0.3 is 25.0 Å². The number of methoxy groups -OCH3 is 1. The number of fused-ring (bicyclic) bond motifs is 1. The van der Waals surface area contributed by atoms with Crippen LogP contribution >= 0.6 is 0 Å². The fourth-order valence-electron chi connectivity index (χ4n) is 3.24. The maximum Gasteiger partial charge on any atom is 0.323 e. The Labute approximate surface area is 177 Å². The van der Waals surface area contributed by atoms with E-state index in [1.54, 1.807) is 48.4 Å². The van der Waals surface area contributed by atoms with Crippen LogP contribution < -0.4 is 25.0 Å². The van der Waals surface area contributed by atoms with E-state index in [4.69, 9.17) is 9.47 Å². The molecule has 3 rings (SSSR count). The van der Waals surface area contributed by atoms with Crippen molar-refractivity contribution in [2.45, 2.75) is 27.7 Å². The number of ether oxygens (including phenoxy) is 2. The molecular weight excluding hydrogens is 382 g/mol. The Morgan fingerprint density at radius 2 is 1.77 bits per heavy atom. The van der Waals surface area contributed by atoms with Gasteiger partial charge in [-0.25, -0.2) is 4.79 Å². The number of anilines is 3. The van der Waals surface area contributed by atoms with Gasteiger partial charge in [0.05, 0.1) is 18.2 Å². The van der Waals surface area contributed by atoms with Crippen LogP contribution in [0, 0.1) is 11.3 Å². The van der Waals surface area contributed by atoms with E-state index in [-0.39, 0.29) is 18.5 Å². The fourth-order valence-corrected chi connectivity index (χ4v) is 3.24. The number of rotatable bonds is 5. The second-order valence-corrected chi connectivity index (χ2v) is 8.47. The minimum atomic E-state index is -0.632. The number of hydrogen-bond donors (Lipinski definition) is 2. The number of amides is 3.